The van der Waals surface area contributed by atoms with Crippen LogP contribution < -0.4 is 20.1 Å². The molecule has 2 N–H and O–H groups in total. The van der Waals surface area contributed by atoms with Crippen molar-refractivity contribution in [3.05, 3.63) is 60.3 Å². The Morgan fingerprint density at radius 1 is 1.04 bits per heavy atom. The summed E-state index contributed by atoms with van der Waals surface area (Å²) >= 11 is 0. The molecule has 0 bridgehead atoms. The van der Waals surface area contributed by atoms with E-state index in [0.29, 0.717) is 11.8 Å². The van der Waals surface area contributed by atoms with Crippen molar-refractivity contribution in [3.8, 4) is 11.5 Å². The molecule has 0 fully saturated rings. The molecule has 28 heavy (non-hydrogen) atoms. The number of aromatic nitrogens is 3. The molecule has 0 aliphatic heterocycles. The zero-order valence-corrected chi connectivity index (χ0v) is 16.3. The smallest absolute Gasteiger partial charge is 0.249 e. The standard InChI is InChI=1S/C21H25N5O2/c1-15(2)28-18-9-7-17(8-10-18)24-21-25-20(14-23-26-21)22-12-11-16-5-4-6-19(13-16)27-3/h4-10,13-15H,11-12H2,1-3H3,(H2,22,24,25,26). The third-order valence-electron chi connectivity index (χ3n) is 3.90. The average molecular weight is 379 g/mol. The number of hydrogen-bond acceptors (Lipinski definition) is 7. The molecule has 1 heterocycles. The van der Waals surface area contributed by atoms with Gasteiger partial charge >= 0.3 is 0 Å². The predicted octanol–water partition coefficient (Wildman–Crippen LogP) is 4.07. The summed E-state index contributed by atoms with van der Waals surface area (Å²) in [6, 6.07) is 15.7. The van der Waals surface area contributed by atoms with Gasteiger partial charge in [0.05, 0.1) is 19.4 Å². The number of rotatable bonds is 9. The minimum Gasteiger partial charge on any atom is -0.497 e. The first-order valence-electron chi connectivity index (χ1n) is 9.22. The summed E-state index contributed by atoms with van der Waals surface area (Å²) in [6.07, 6.45) is 2.60. The van der Waals surface area contributed by atoms with Crippen molar-refractivity contribution >= 4 is 17.5 Å². The molecule has 0 saturated heterocycles. The van der Waals surface area contributed by atoms with Crippen molar-refractivity contribution in [2.45, 2.75) is 26.4 Å². The zero-order valence-electron chi connectivity index (χ0n) is 16.3. The lowest BCUT2D eigenvalue weighted by Crippen LogP contribution is -2.09. The molecule has 0 radical (unpaired) electrons. The van der Waals surface area contributed by atoms with Gasteiger partial charge in [0.25, 0.3) is 0 Å². The summed E-state index contributed by atoms with van der Waals surface area (Å²) in [5.74, 6) is 2.79. The topological polar surface area (TPSA) is 81.2 Å². The van der Waals surface area contributed by atoms with Crippen molar-refractivity contribution in [2.75, 3.05) is 24.3 Å². The molecule has 7 heteroatoms. The number of methoxy groups -OCH3 is 1. The second-order valence-corrected chi connectivity index (χ2v) is 6.51. The number of hydrogen-bond donors (Lipinski definition) is 2. The van der Waals surface area contributed by atoms with Crippen molar-refractivity contribution in [2.24, 2.45) is 0 Å². The van der Waals surface area contributed by atoms with Crippen molar-refractivity contribution in [1.29, 1.82) is 0 Å². The molecule has 0 amide bonds. The Kier molecular flexibility index (Phi) is 6.62. The van der Waals surface area contributed by atoms with Crippen LogP contribution in [0.4, 0.5) is 17.5 Å². The van der Waals surface area contributed by atoms with Crippen LogP contribution >= 0.6 is 0 Å². The summed E-state index contributed by atoms with van der Waals surface area (Å²) in [5, 5.41) is 14.5. The first-order chi connectivity index (χ1) is 13.6. The van der Waals surface area contributed by atoms with E-state index in [1.165, 1.54) is 5.56 Å². The van der Waals surface area contributed by atoms with E-state index < -0.39 is 0 Å². The van der Waals surface area contributed by atoms with Crippen LogP contribution in [0.1, 0.15) is 19.4 Å². The average Bonchev–Trinajstić information content (AvgIpc) is 2.70. The van der Waals surface area contributed by atoms with Gasteiger partial charge in [-0.05, 0) is 62.2 Å². The maximum Gasteiger partial charge on any atom is 0.249 e. The van der Waals surface area contributed by atoms with E-state index in [0.717, 1.165) is 30.2 Å². The van der Waals surface area contributed by atoms with Crippen LogP contribution in [0.5, 0.6) is 11.5 Å². The summed E-state index contributed by atoms with van der Waals surface area (Å²) in [7, 11) is 1.67. The monoisotopic (exact) mass is 379 g/mol. The van der Waals surface area contributed by atoms with Gasteiger partial charge < -0.3 is 20.1 Å². The van der Waals surface area contributed by atoms with Crippen LogP contribution in [0.2, 0.25) is 0 Å². The third-order valence-corrected chi connectivity index (χ3v) is 3.90. The normalized spacial score (nSPS) is 10.6. The second kappa shape index (κ2) is 9.55. The molecule has 0 spiro atoms. The number of benzene rings is 2. The van der Waals surface area contributed by atoms with Crippen LogP contribution in [-0.2, 0) is 6.42 Å². The number of nitrogens with zero attached hydrogens (tertiary/aromatic N) is 3. The molecule has 2 aromatic carbocycles. The number of ether oxygens (including phenoxy) is 2. The summed E-state index contributed by atoms with van der Waals surface area (Å²) in [5.41, 5.74) is 2.06. The minimum atomic E-state index is 0.145. The van der Waals surface area contributed by atoms with Gasteiger partial charge in [0.1, 0.15) is 11.5 Å². The van der Waals surface area contributed by atoms with Gasteiger partial charge in [-0.25, -0.2) is 0 Å². The van der Waals surface area contributed by atoms with Gasteiger partial charge in [0, 0.05) is 12.2 Å². The van der Waals surface area contributed by atoms with Gasteiger partial charge in [0.15, 0.2) is 5.82 Å². The molecule has 3 aromatic rings. The van der Waals surface area contributed by atoms with E-state index in [1.54, 1.807) is 13.3 Å². The van der Waals surface area contributed by atoms with Crippen LogP contribution in [0.15, 0.2) is 54.7 Å². The molecule has 1 aromatic heterocycles. The zero-order chi connectivity index (χ0) is 19.8. The highest BCUT2D eigenvalue weighted by atomic mass is 16.5. The Morgan fingerprint density at radius 2 is 1.86 bits per heavy atom. The van der Waals surface area contributed by atoms with Crippen molar-refractivity contribution < 1.29 is 9.47 Å². The third kappa shape index (κ3) is 5.84. The van der Waals surface area contributed by atoms with E-state index in [4.69, 9.17) is 9.47 Å². The van der Waals surface area contributed by atoms with Gasteiger partial charge in [-0.3, -0.25) is 0 Å². The molecule has 3 rings (SSSR count). The summed E-state index contributed by atoms with van der Waals surface area (Å²) in [4.78, 5) is 4.45. The Bertz CT molecular complexity index is 884. The molecular formula is C21H25N5O2. The van der Waals surface area contributed by atoms with E-state index in [1.807, 2.05) is 56.3 Å². The Hall–Kier alpha value is -3.35. The van der Waals surface area contributed by atoms with Crippen LogP contribution in [-0.4, -0.2) is 34.9 Å². The van der Waals surface area contributed by atoms with Crippen molar-refractivity contribution in [3.63, 3.8) is 0 Å². The minimum absolute atomic E-state index is 0.145. The lowest BCUT2D eigenvalue weighted by molar-refractivity contribution is 0.242. The maximum atomic E-state index is 5.64. The fourth-order valence-electron chi connectivity index (χ4n) is 2.62. The molecule has 0 atom stereocenters. The SMILES string of the molecule is COc1cccc(CCNc2cnnc(Nc3ccc(OC(C)C)cc3)n2)c1. The summed E-state index contributed by atoms with van der Waals surface area (Å²) in [6.45, 7) is 4.73. The highest BCUT2D eigenvalue weighted by molar-refractivity contribution is 5.55. The number of anilines is 3. The fraction of sp³-hybridized carbons (Fsp3) is 0.286. The molecule has 0 aliphatic rings. The van der Waals surface area contributed by atoms with Crippen LogP contribution in [0.3, 0.4) is 0 Å². The van der Waals surface area contributed by atoms with Gasteiger partial charge in [-0.1, -0.05) is 12.1 Å². The molecule has 7 nitrogen and oxygen atoms in total. The van der Waals surface area contributed by atoms with E-state index in [9.17, 15) is 0 Å². The Labute approximate surface area is 165 Å². The molecular weight excluding hydrogens is 354 g/mol. The quantitative estimate of drug-likeness (QED) is 0.580. The number of nitrogens with one attached hydrogen (secondary N) is 2. The van der Waals surface area contributed by atoms with Gasteiger partial charge in [-0.15, -0.1) is 5.10 Å². The largest absolute Gasteiger partial charge is 0.497 e. The molecule has 0 aliphatic carbocycles. The van der Waals surface area contributed by atoms with Crippen LogP contribution in [0.25, 0.3) is 0 Å². The maximum absolute atomic E-state index is 5.64. The van der Waals surface area contributed by atoms with Gasteiger partial charge in [-0.2, -0.15) is 10.1 Å². The lowest BCUT2D eigenvalue weighted by Gasteiger charge is -2.11. The first-order valence-corrected chi connectivity index (χ1v) is 9.22. The van der Waals surface area contributed by atoms with E-state index in [2.05, 4.69) is 31.9 Å². The highest BCUT2D eigenvalue weighted by Gasteiger charge is 2.03. The fourth-order valence-corrected chi connectivity index (χ4v) is 2.62. The van der Waals surface area contributed by atoms with Crippen molar-refractivity contribution in [1.82, 2.24) is 15.2 Å². The second-order valence-electron chi connectivity index (χ2n) is 6.51. The molecule has 0 unspecified atom stereocenters. The lowest BCUT2D eigenvalue weighted by atomic mass is 10.1. The Balaban J connectivity index is 1.54. The predicted molar refractivity (Wildman–Crippen MR) is 111 cm³/mol. The highest BCUT2D eigenvalue weighted by Crippen LogP contribution is 2.19. The van der Waals surface area contributed by atoms with Crippen LogP contribution in [0, 0.1) is 0 Å². The van der Waals surface area contributed by atoms with E-state index >= 15 is 0 Å². The van der Waals surface area contributed by atoms with Gasteiger partial charge in [0.2, 0.25) is 5.95 Å². The molecule has 146 valence electrons. The molecule has 0 saturated carbocycles. The summed E-state index contributed by atoms with van der Waals surface area (Å²) < 4.78 is 10.9. The van der Waals surface area contributed by atoms with E-state index in [-0.39, 0.29) is 6.10 Å². The Morgan fingerprint density at radius 3 is 2.61 bits per heavy atom. The first kappa shape index (κ1) is 19.4.